The molecule has 1 aromatic heterocycles. The molecule has 0 bridgehead atoms. The number of thiazole rings is 1. The van der Waals surface area contributed by atoms with Gasteiger partial charge in [-0.2, -0.15) is 0 Å². The van der Waals surface area contributed by atoms with Crippen LogP contribution in [-0.4, -0.2) is 16.8 Å². The second-order valence-corrected chi connectivity index (χ2v) is 4.80. The summed E-state index contributed by atoms with van der Waals surface area (Å²) in [5.41, 5.74) is -0.456. The Labute approximate surface area is 95.7 Å². The molecule has 6 heteroatoms. The van der Waals surface area contributed by atoms with E-state index in [4.69, 9.17) is 23.2 Å². The minimum atomic E-state index is -0.456. The molecule has 0 fully saturated rings. The van der Waals surface area contributed by atoms with E-state index >= 15 is 0 Å². The molecular weight excluding hydrogens is 241 g/mol. The molecule has 2 rings (SSSR count). The van der Waals surface area contributed by atoms with Gasteiger partial charge in [-0.1, -0.05) is 23.2 Å². The van der Waals surface area contributed by atoms with Crippen LogP contribution < -0.4 is 4.90 Å². The first kappa shape index (κ1) is 9.96. The quantitative estimate of drug-likeness (QED) is 0.564. The average molecular weight is 248 g/mol. The molecule has 0 aromatic carbocycles. The summed E-state index contributed by atoms with van der Waals surface area (Å²) in [7, 11) is 0. The van der Waals surface area contributed by atoms with Crippen molar-refractivity contribution < 1.29 is 0 Å². The molecule has 0 radical (unpaired) electrons. The standard InChI is InChI=1S/C8H7Cl2N3S/c1-5-2-12-8(14-5)13-4-6(9)3-11-7(13)10/h2-4,7H,1H3. The normalized spacial score (nSPS) is 21.2. The van der Waals surface area contributed by atoms with Gasteiger partial charge in [0.05, 0.1) is 5.03 Å². The molecule has 0 N–H and O–H groups in total. The number of nitrogens with zero attached hydrogens (tertiary/aromatic N) is 3. The van der Waals surface area contributed by atoms with Crippen molar-refractivity contribution in [2.75, 3.05) is 4.90 Å². The van der Waals surface area contributed by atoms with Crippen LogP contribution in [0.5, 0.6) is 0 Å². The Bertz CT molecular complexity index is 399. The molecular formula is C8H7Cl2N3S. The topological polar surface area (TPSA) is 28.5 Å². The van der Waals surface area contributed by atoms with Crippen LogP contribution in [0.1, 0.15) is 4.88 Å². The number of rotatable bonds is 1. The van der Waals surface area contributed by atoms with E-state index in [0.717, 1.165) is 10.0 Å². The van der Waals surface area contributed by atoms with Crippen molar-refractivity contribution in [1.29, 1.82) is 0 Å². The second-order valence-electron chi connectivity index (χ2n) is 2.76. The number of aryl methyl sites for hydroxylation is 1. The smallest absolute Gasteiger partial charge is 0.203 e. The van der Waals surface area contributed by atoms with Gasteiger partial charge in [-0.15, -0.1) is 11.3 Å². The summed E-state index contributed by atoms with van der Waals surface area (Å²) in [6.07, 6.45) is 5.06. The minimum Gasteiger partial charge on any atom is -0.287 e. The number of anilines is 1. The highest BCUT2D eigenvalue weighted by Gasteiger charge is 2.19. The zero-order valence-electron chi connectivity index (χ0n) is 7.32. The number of alkyl halides is 1. The van der Waals surface area contributed by atoms with Gasteiger partial charge in [0.1, 0.15) is 0 Å². The molecule has 1 aromatic rings. The fraction of sp³-hybridized carbons (Fsp3) is 0.250. The Kier molecular flexibility index (Phi) is 2.76. The van der Waals surface area contributed by atoms with Gasteiger partial charge in [0.2, 0.25) is 5.62 Å². The van der Waals surface area contributed by atoms with E-state index in [1.807, 2.05) is 6.92 Å². The lowest BCUT2D eigenvalue weighted by atomic mass is 10.5. The first-order chi connectivity index (χ1) is 6.66. The van der Waals surface area contributed by atoms with Gasteiger partial charge in [-0.25, -0.2) is 4.98 Å². The number of aromatic nitrogens is 1. The fourth-order valence-electron chi connectivity index (χ4n) is 1.04. The van der Waals surface area contributed by atoms with Gasteiger partial charge in [0, 0.05) is 23.5 Å². The van der Waals surface area contributed by atoms with E-state index in [1.165, 1.54) is 6.21 Å². The maximum atomic E-state index is 5.98. The van der Waals surface area contributed by atoms with Crippen molar-refractivity contribution in [1.82, 2.24) is 4.98 Å². The van der Waals surface area contributed by atoms with Gasteiger partial charge >= 0.3 is 0 Å². The molecule has 0 spiro atoms. The summed E-state index contributed by atoms with van der Waals surface area (Å²) in [6, 6.07) is 0. The molecule has 0 aliphatic carbocycles. The molecule has 0 saturated carbocycles. The minimum absolute atomic E-state index is 0.456. The first-order valence-corrected chi connectivity index (χ1v) is 5.55. The molecule has 1 atom stereocenters. The van der Waals surface area contributed by atoms with Gasteiger partial charge in [-0.3, -0.25) is 9.89 Å². The van der Waals surface area contributed by atoms with Crippen LogP contribution in [-0.2, 0) is 0 Å². The van der Waals surface area contributed by atoms with Crippen molar-refractivity contribution in [3.05, 3.63) is 22.3 Å². The van der Waals surface area contributed by atoms with Crippen molar-refractivity contribution in [2.24, 2.45) is 4.99 Å². The lowest BCUT2D eigenvalue weighted by Gasteiger charge is -2.22. The molecule has 0 amide bonds. The summed E-state index contributed by atoms with van der Waals surface area (Å²) in [4.78, 5) is 11.1. The van der Waals surface area contributed by atoms with Crippen molar-refractivity contribution in [3.63, 3.8) is 0 Å². The van der Waals surface area contributed by atoms with Crippen LogP contribution in [0.25, 0.3) is 0 Å². The summed E-state index contributed by atoms with van der Waals surface area (Å²) < 4.78 is 0. The Morgan fingerprint density at radius 1 is 1.57 bits per heavy atom. The largest absolute Gasteiger partial charge is 0.287 e. The van der Waals surface area contributed by atoms with E-state index in [0.29, 0.717) is 5.03 Å². The third-order valence-electron chi connectivity index (χ3n) is 1.64. The maximum absolute atomic E-state index is 5.98. The molecule has 74 valence electrons. The SMILES string of the molecule is Cc1cnc(N2C=C(Cl)C=NC2Cl)s1. The van der Waals surface area contributed by atoms with Crippen LogP contribution in [0.2, 0.25) is 0 Å². The fourth-order valence-corrected chi connectivity index (χ4v) is 2.22. The van der Waals surface area contributed by atoms with Gasteiger partial charge in [0.25, 0.3) is 0 Å². The molecule has 0 saturated heterocycles. The Hall–Kier alpha value is -0.580. The van der Waals surface area contributed by atoms with Crippen molar-refractivity contribution >= 4 is 45.9 Å². The Morgan fingerprint density at radius 3 is 3.00 bits per heavy atom. The molecule has 1 unspecified atom stereocenters. The van der Waals surface area contributed by atoms with Crippen molar-refractivity contribution in [2.45, 2.75) is 12.5 Å². The number of aliphatic imine (C=N–C) groups is 1. The lowest BCUT2D eigenvalue weighted by Crippen LogP contribution is -2.26. The van der Waals surface area contributed by atoms with E-state index < -0.39 is 5.62 Å². The molecule has 1 aliphatic heterocycles. The van der Waals surface area contributed by atoms with Crippen LogP contribution in [0.4, 0.5) is 5.13 Å². The lowest BCUT2D eigenvalue weighted by molar-refractivity contribution is 0.886. The number of allylic oxidation sites excluding steroid dienone is 1. The van der Waals surface area contributed by atoms with E-state index in [2.05, 4.69) is 9.98 Å². The Balaban J connectivity index is 2.30. The van der Waals surface area contributed by atoms with Crippen LogP contribution in [0.15, 0.2) is 22.4 Å². The highest BCUT2D eigenvalue weighted by molar-refractivity contribution is 7.15. The number of hydrogen-bond acceptors (Lipinski definition) is 4. The maximum Gasteiger partial charge on any atom is 0.203 e. The highest BCUT2D eigenvalue weighted by atomic mass is 35.5. The summed E-state index contributed by atoms with van der Waals surface area (Å²) in [5, 5.41) is 1.35. The van der Waals surface area contributed by atoms with Crippen molar-refractivity contribution in [3.8, 4) is 0 Å². The molecule has 1 aliphatic rings. The van der Waals surface area contributed by atoms with Crippen LogP contribution in [0.3, 0.4) is 0 Å². The summed E-state index contributed by atoms with van der Waals surface area (Å²) >= 11 is 13.4. The summed E-state index contributed by atoms with van der Waals surface area (Å²) in [5.74, 6) is 0. The third-order valence-corrected chi connectivity index (χ3v) is 3.09. The van der Waals surface area contributed by atoms with E-state index in [1.54, 1.807) is 28.6 Å². The summed E-state index contributed by atoms with van der Waals surface area (Å²) in [6.45, 7) is 1.99. The van der Waals surface area contributed by atoms with Gasteiger partial charge in [0.15, 0.2) is 5.13 Å². The predicted octanol–water partition coefficient (Wildman–Crippen LogP) is 2.94. The molecule has 3 nitrogen and oxygen atoms in total. The molecule has 2 heterocycles. The first-order valence-electron chi connectivity index (χ1n) is 3.92. The Morgan fingerprint density at radius 2 is 2.36 bits per heavy atom. The van der Waals surface area contributed by atoms with E-state index in [9.17, 15) is 0 Å². The number of hydrogen-bond donors (Lipinski definition) is 0. The number of halogens is 2. The van der Waals surface area contributed by atoms with Crippen LogP contribution >= 0.6 is 34.5 Å². The zero-order valence-corrected chi connectivity index (χ0v) is 9.64. The third kappa shape index (κ3) is 1.92. The van der Waals surface area contributed by atoms with Gasteiger partial charge in [-0.05, 0) is 6.92 Å². The monoisotopic (exact) mass is 247 g/mol. The van der Waals surface area contributed by atoms with Crippen LogP contribution in [0, 0.1) is 6.92 Å². The van der Waals surface area contributed by atoms with Gasteiger partial charge < -0.3 is 0 Å². The second kappa shape index (κ2) is 3.88. The predicted molar refractivity (Wildman–Crippen MR) is 61.4 cm³/mol. The molecule has 14 heavy (non-hydrogen) atoms. The highest BCUT2D eigenvalue weighted by Crippen LogP contribution is 2.28. The zero-order chi connectivity index (χ0) is 10.1. The van der Waals surface area contributed by atoms with E-state index in [-0.39, 0.29) is 0 Å². The average Bonchev–Trinajstić information content (AvgIpc) is 2.56.